The summed E-state index contributed by atoms with van der Waals surface area (Å²) in [6.45, 7) is 0. The molecule has 18 heavy (non-hydrogen) atoms. The summed E-state index contributed by atoms with van der Waals surface area (Å²) in [5.74, 6) is -0.775. The number of nitrogens with one attached hydrogen (secondary N) is 1. The molecule has 10 heteroatoms. The van der Waals surface area contributed by atoms with Crippen molar-refractivity contribution in [3.63, 3.8) is 0 Å². The molecule has 0 unspecified atom stereocenters. The summed E-state index contributed by atoms with van der Waals surface area (Å²) >= 11 is 5.71. The summed E-state index contributed by atoms with van der Waals surface area (Å²) in [7, 11) is -7.87. The predicted molar refractivity (Wildman–Crippen MR) is 65.8 cm³/mol. The normalized spacial score (nSPS) is 11.8. The topological polar surface area (TPSA) is 130 Å². The van der Waals surface area contributed by atoms with Crippen molar-refractivity contribution in [1.29, 1.82) is 5.26 Å². The Morgan fingerprint density at radius 3 is 2.44 bits per heavy atom. The highest BCUT2D eigenvalue weighted by Gasteiger charge is 2.15. The minimum absolute atomic E-state index is 0.0103. The second kappa shape index (κ2) is 5.11. The molecule has 0 radical (unpaired) electrons. The number of hydrogen-bond acceptors (Lipinski definition) is 5. The molecule has 0 aliphatic carbocycles. The van der Waals surface area contributed by atoms with Crippen LogP contribution in [0.15, 0.2) is 23.1 Å². The summed E-state index contributed by atoms with van der Waals surface area (Å²) in [5.41, 5.74) is -0.154. The van der Waals surface area contributed by atoms with Gasteiger partial charge in [0.05, 0.1) is 21.7 Å². The maximum atomic E-state index is 11.3. The number of anilines is 1. The zero-order valence-electron chi connectivity index (χ0n) is 8.79. The molecule has 3 N–H and O–H groups in total. The lowest BCUT2D eigenvalue weighted by molar-refractivity contribution is 0.597. The fraction of sp³-hybridized carbons (Fsp3) is 0.125. The number of halogens is 1. The molecule has 0 aromatic heterocycles. The number of nitrogens with two attached hydrogens (primary N) is 1. The van der Waals surface area contributed by atoms with Gasteiger partial charge in [0.25, 0.3) is 0 Å². The number of nitriles is 1. The van der Waals surface area contributed by atoms with E-state index in [1.807, 2.05) is 4.72 Å². The zero-order valence-corrected chi connectivity index (χ0v) is 11.2. The third kappa shape index (κ3) is 3.85. The maximum Gasteiger partial charge on any atom is 0.246 e. The van der Waals surface area contributed by atoms with Crippen molar-refractivity contribution < 1.29 is 16.8 Å². The van der Waals surface area contributed by atoms with E-state index < -0.39 is 25.8 Å². The Labute approximate surface area is 109 Å². The van der Waals surface area contributed by atoms with Crippen LogP contribution in [0, 0.1) is 11.3 Å². The maximum absolute atomic E-state index is 11.3. The molecule has 0 fully saturated rings. The van der Waals surface area contributed by atoms with Gasteiger partial charge in [-0.3, -0.25) is 4.72 Å². The van der Waals surface area contributed by atoms with Crippen LogP contribution in [-0.4, -0.2) is 22.6 Å². The molecule has 0 aliphatic rings. The van der Waals surface area contributed by atoms with Gasteiger partial charge in [-0.15, -0.1) is 0 Å². The van der Waals surface area contributed by atoms with Gasteiger partial charge >= 0.3 is 0 Å². The third-order valence-electron chi connectivity index (χ3n) is 1.79. The summed E-state index contributed by atoms with van der Waals surface area (Å²) in [4.78, 5) is -0.290. The molecule has 1 aromatic carbocycles. The van der Waals surface area contributed by atoms with E-state index in [2.05, 4.69) is 0 Å². The van der Waals surface area contributed by atoms with E-state index in [0.717, 1.165) is 12.1 Å². The van der Waals surface area contributed by atoms with Crippen LogP contribution in [0.5, 0.6) is 0 Å². The number of benzene rings is 1. The number of sulfonamides is 2. The molecule has 0 saturated carbocycles. The van der Waals surface area contributed by atoms with E-state index in [0.29, 0.717) is 0 Å². The highest BCUT2D eigenvalue weighted by molar-refractivity contribution is 7.92. The van der Waals surface area contributed by atoms with E-state index in [1.165, 1.54) is 12.1 Å². The molecule has 0 spiro atoms. The van der Waals surface area contributed by atoms with Crippen molar-refractivity contribution in [2.24, 2.45) is 5.14 Å². The van der Waals surface area contributed by atoms with Crippen molar-refractivity contribution in [3.8, 4) is 6.07 Å². The van der Waals surface area contributed by atoms with Gasteiger partial charge in [0.15, 0.2) is 5.75 Å². The fourth-order valence-electron chi connectivity index (χ4n) is 1.05. The SMILES string of the molecule is N#CCS(=O)(=O)Nc1cc(S(N)(=O)=O)ccc1Cl. The summed E-state index contributed by atoms with van der Waals surface area (Å²) < 4.78 is 46.9. The van der Waals surface area contributed by atoms with Crippen molar-refractivity contribution in [2.45, 2.75) is 4.90 Å². The van der Waals surface area contributed by atoms with Crippen LogP contribution in [0.4, 0.5) is 5.69 Å². The lowest BCUT2D eigenvalue weighted by atomic mass is 10.3. The largest absolute Gasteiger partial charge is 0.281 e. The van der Waals surface area contributed by atoms with Crippen molar-refractivity contribution >= 4 is 37.3 Å². The Morgan fingerprint density at radius 1 is 1.33 bits per heavy atom. The highest BCUT2D eigenvalue weighted by atomic mass is 35.5. The second-order valence-electron chi connectivity index (χ2n) is 3.21. The first kappa shape index (κ1) is 14.7. The summed E-state index contributed by atoms with van der Waals surface area (Å²) in [6, 6.07) is 4.76. The molecule has 1 aromatic rings. The van der Waals surface area contributed by atoms with Crippen molar-refractivity contribution in [3.05, 3.63) is 23.2 Å². The summed E-state index contributed by atoms with van der Waals surface area (Å²) in [6.07, 6.45) is 0. The van der Waals surface area contributed by atoms with Crippen molar-refractivity contribution in [1.82, 2.24) is 0 Å². The molecule has 0 heterocycles. The smallest absolute Gasteiger partial charge is 0.246 e. The molecule has 1 rings (SSSR count). The second-order valence-corrected chi connectivity index (χ2v) is 6.90. The molecule has 0 aliphatic heterocycles. The number of nitrogens with zero attached hydrogens (tertiary/aromatic N) is 1. The Morgan fingerprint density at radius 2 is 1.94 bits per heavy atom. The lowest BCUT2D eigenvalue weighted by Crippen LogP contribution is -2.17. The Balaban J connectivity index is 3.23. The van der Waals surface area contributed by atoms with Gasteiger partial charge in [0, 0.05) is 0 Å². The van der Waals surface area contributed by atoms with Crippen LogP contribution >= 0.6 is 11.6 Å². The van der Waals surface area contributed by atoms with Crippen LogP contribution < -0.4 is 9.86 Å². The van der Waals surface area contributed by atoms with Crippen LogP contribution in [-0.2, 0) is 20.0 Å². The van der Waals surface area contributed by atoms with Crippen molar-refractivity contribution in [2.75, 3.05) is 10.5 Å². The fourth-order valence-corrected chi connectivity index (χ4v) is 2.55. The molecule has 0 saturated heterocycles. The Hall–Kier alpha value is -1.34. The number of hydrogen-bond donors (Lipinski definition) is 2. The first-order valence-corrected chi connectivity index (χ1v) is 7.93. The molecule has 0 bridgehead atoms. The third-order valence-corrected chi connectivity index (χ3v) is 4.07. The minimum atomic E-state index is -3.97. The van der Waals surface area contributed by atoms with E-state index in [-0.39, 0.29) is 15.6 Å². The molecule has 7 nitrogen and oxygen atoms in total. The van der Waals surface area contributed by atoms with E-state index in [1.54, 1.807) is 0 Å². The van der Waals surface area contributed by atoms with Gasteiger partial charge < -0.3 is 0 Å². The molecular weight excluding hydrogens is 302 g/mol. The number of primary sulfonamides is 1. The predicted octanol–water partition coefficient (Wildman–Crippen LogP) is 0.253. The van der Waals surface area contributed by atoms with E-state index >= 15 is 0 Å². The number of rotatable bonds is 4. The first-order chi connectivity index (χ1) is 8.15. The summed E-state index contributed by atoms with van der Waals surface area (Å²) in [5, 5.41) is 13.2. The van der Waals surface area contributed by atoms with Crippen LogP contribution in [0.3, 0.4) is 0 Å². The average molecular weight is 310 g/mol. The molecule has 98 valence electrons. The average Bonchev–Trinajstić information content (AvgIpc) is 2.19. The molecule has 0 atom stereocenters. The lowest BCUT2D eigenvalue weighted by Gasteiger charge is -2.08. The van der Waals surface area contributed by atoms with Crippen LogP contribution in [0.2, 0.25) is 5.02 Å². The van der Waals surface area contributed by atoms with Gasteiger partial charge in [-0.2, -0.15) is 5.26 Å². The first-order valence-electron chi connectivity index (χ1n) is 4.35. The van der Waals surface area contributed by atoms with Gasteiger partial charge in [0.1, 0.15) is 0 Å². The quantitative estimate of drug-likeness (QED) is 0.823. The monoisotopic (exact) mass is 309 g/mol. The van der Waals surface area contributed by atoms with E-state index in [4.69, 9.17) is 22.0 Å². The molecular formula is C8H8ClN3O4S2. The van der Waals surface area contributed by atoms with Gasteiger partial charge in [-0.1, -0.05) is 11.6 Å². The van der Waals surface area contributed by atoms with Crippen LogP contribution in [0.1, 0.15) is 0 Å². The van der Waals surface area contributed by atoms with Gasteiger partial charge in [0.2, 0.25) is 20.0 Å². The minimum Gasteiger partial charge on any atom is -0.281 e. The van der Waals surface area contributed by atoms with E-state index in [9.17, 15) is 16.8 Å². The van der Waals surface area contributed by atoms with Crippen LogP contribution in [0.25, 0.3) is 0 Å². The Kier molecular flexibility index (Phi) is 4.18. The Bertz CT molecular complexity index is 706. The standard InChI is InChI=1S/C8H8ClN3O4S2/c9-7-2-1-6(18(11,15)16)5-8(7)12-17(13,14)4-3-10/h1-2,5,12H,4H2,(H2,11,15,16). The molecule has 0 amide bonds. The van der Waals surface area contributed by atoms with Gasteiger partial charge in [-0.05, 0) is 18.2 Å². The zero-order chi connectivity index (χ0) is 14.0. The highest BCUT2D eigenvalue weighted by Crippen LogP contribution is 2.25. The van der Waals surface area contributed by atoms with Gasteiger partial charge in [-0.25, -0.2) is 22.0 Å².